The number of aromatic nitrogens is 2. The van der Waals surface area contributed by atoms with Gasteiger partial charge in [0.2, 0.25) is 0 Å². The Bertz CT molecular complexity index is 362. The van der Waals surface area contributed by atoms with Crippen LogP contribution < -0.4 is 10.2 Å². The summed E-state index contributed by atoms with van der Waals surface area (Å²) >= 11 is 0. The Labute approximate surface area is 115 Å². The Morgan fingerprint density at radius 3 is 2.74 bits per heavy atom. The summed E-state index contributed by atoms with van der Waals surface area (Å²) in [5.41, 5.74) is 0.991. The first-order valence-electron chi connectivity index (χ1n) is 7.11. The SMILES string of the molecule is CCNCc1ccc(N(C)CC2CCOCC2)nn1. The largest absolute Gasteiger partial charge is 0.381 e. The van der Waals surface area contributed by atoms with Gasteiger partial charge in [0.05, 0.1) is 5.69 Å². The van der Waals surface area contributed by atoms with Crippen LogP contribution in [-0.2, 0) is 11.3 Å². The molecule has 0 aromatic carbocycles. The van der Waals surface area contributed by atoms with Crippen molar-refractivity contribution in [1.29, 1.82) is 0 Å². The molecule has 0 aliphatic carbocycles. The van der Waals surface area contributed by atoms with Crippen molar-refractivity contribution in [1.82, 2.24) is 15.5 Å². The van der Waals surface area contributed by atoms with Gasteiger partial charge in [0.15, 0.2) is 5.82 Å². The fourth-order valence-electron chi connectivity index (χ4n) is 2.31. The van der Waals surface area contributed by atoms with Crippen molar-refractivity contribution in [2.24, 2.45) is 5.92 Å². The summed E-state index contributed by atoms with van der Waals surface area (Å²) in [4.78, 5) is 2.19. The van der Waals surface area contributed by atoms with E-state index >= 15 is 0 Å². The van der Waals surface area contributed by atoms with Gasteiger partial charge in [-0.1, -0.05) is 6.92 Å². The van der Waals surface area contributed by atoms with Crippen molar-refractivity contribution in [2.75, 3.05) is 38.3 Å². The monoisotopic (exact) mass is 264 g/mol. The second-order valence-corrected chi connectivity index (χ2v) is 5.10. The third kappa shape index (κ3) is 4.44. The highest BCUT2D eigenvalue weighted by atomic mass is 16.5. The van der Waals surface area contributed by atoms with Crippen LogP contribution >= 0.6 is 0 Å². The van der Waals surface area contributed by atoms with Crippen LogP contribution in [0.3, 0.4) is 0 Å². The van der Waals surface area contributed by atoms with Crippen molar-refractivity contribution < 1.29 is 4.74 Å². The number of nitrogens with zero attached hydrogens (tertiary/aromatic N) is 3. The maximum absolute atomic E-state index is 5.39. The smallest absolute Gasteiger partial charge is 0.150 e. The van der Waals surface area contributed by atoms with Gasteiger partial charge >= 0.3 is 0 Å². The summed E-state index contributed by atoms with van der Waals surface area (Å²) in [6, 6.07) is 4.10. The average Bonchev–Trinajstić information content (AvgIpc) is 2.46. The van der Waals surface area contributed by atoms with Gasteiger partial charge in [-0.3, -0.25) is 0 Å². The number of rotatable bonds is 6. The van der Waals surface area contributed by atoms with Gasteiger partial charge in [-0.15, -0.1) is 5.10 Å². The van der Waals surface area contributed by atoms with E-state index in [1.165, 1.54) is 0 Å². The standard InChI is InChI=1S/C14H24N4O/c1-3-15-10-13-4-5-14(17-16-13)18(2)11-12-6-8-19-9-7-12/h4-5,12,15H,3,6-11H2,1-2H3. The van der Waals surface area contributed by atoms with Crippen LogP contribution in [0.25, 0.3) is 0 Å². The molecule has 106 valence electrons. The first-order chi connectivity index (χ1) is 9.29. The van der Waals surface area contributed by atoms with Gasteiger partial charge in [-0.2, -0.15) is 5.10 Å². The molecule has 5 heteroatoms. The lowest BCUT2D eigenvalue weighted by atomic mass is 10.00. The molecule has 0 amide bonds. The molecular weight excluding hydrogens is 240 g/mol. The molecular formula is C14H24N4O. The average molecular weight is 264 g/mol. The van der Waals surface area contributed by atoms with E-state index in [-0.39, 0.29) is 0 Å². The fraction of sp³-hybridized carbons (Fsp3) is 0.714. The molecule has 0 radical (unpaired) electrons. The van der Waals surface area contributed by atoms with Gasteiger partial charge in [0.25, 0.3) is 0 Å². The summed E-state index contributed by atoms with van der Waals surface area (Å²) in [7, 11) is 2.09. The normalized spacial score (nSPS) is 16.5. The minimum Gasteiger partial charge on any atom is -0.381 e. The minimum absolute atomic E-state index is 0.710. The maximum Gasteiger partial charge on any atom is 0.150 e. The predicted molar refractivity (Wildman–Crippen MR) is 76.2 cm³/mol. The number of nitrogens with one attached hydrogen (secondary N) is 1. The Morgan fingerprint density at radius 2 is 2.11 bits per heavy atom. The van der Waals surface area contributed by atoms with Crippen molar-refractivity contribution in [3.8, 4) is 0 Å². The van der Waals surface area contributed by atoms with E-state index in [2.05, 4.69) is 40.5 Å². The van der Waals surface area contributed by atoms with Gasteiger partial charge in [-0.25, -0.2) is 0 Å². The molecule has 1 N–H and O–H groups in total. The molecule has 5 nitrogen and oxygen atoms in total. The lowest BCUT2D eigenvalue weighted by molar-refractivity contribution is 0.0685. The van der Waals surface area contributed by atoms with E-state index in [1.807, 2.05) is 6.07 Å². The van der Waals surface area contributed by atoms with Gasteiger partial charge in [0.1, 0.15) is 0 Å². The van der Waals surface area contributed by atoms with E-state index in [0.717, 1.165) is 57.2 Å². The molecule has 1 aromatic rings. The molecule has 0 bridgehead atoms. The third-order valence-corrected chi connectivity index (χ3v) is 3.53. The minimum atomic E-state index is 0.710. The zero-order valence-corrected chi connectivity index (χ0v) is 11.9. The van der Waals surface area contributed by atoms with Crippen molar-refractivity contribution in [3.05, 3.63) is 17.8 Å². The molecule has 0 atom stereocenters. The predicted octanol–water partition coefficient (Wildman–Crippen LogP) is 1.45. The van der Waals surface area contributed by atoms with Gasteiger partial charge < -0.3 is 15.0 Å². The zero-order valence-electron chi connectivity index (χ0n) is 11.9. The second-order valence-electron chi connectivity index (χ2n) is 5.10. The van der Waals surface area contributed by atoms with Crippen molar-refractivity contribution >= 4 is 5.82 Å². The Balaban J connectivity index is 1.85. The summed E-state index contributed by atoms with van der Waals surface area (Å²) < 4.78 is 5.39. The molecule has 1 aliphatic heterocycles. The highest BCUT2D eigenvalue weighted by Gasteiger charge is 2.16. The van der Waals surface area contributed by atoms with Crippen LogP contribution in [0.5, 0.6) is 0 Å². The lowest BCUT2D eigenvalue weighted by Crippen LogP contribution is -2.30. The quantitative estimate of drug-likeness (QED) is 0.843. The van der Waals surface area contributed by atoms with Crippen LogP contribution in [0.4, 0.5) is 5.82 Å². The van der Waals surface area contributed by atoms with E-state index in [1.54, 1.807) is 0 Å². The highest BCUT2D eigenvalue weighted by Crippen LogP contribution is 2.18. The van der Waals surface area contributed by atoms with E-state index in [9.17, 15) is 0 Å². The number of hydrogen-bond donors (Lipinski definition) is 1. The molecule has 19 heavy (non-hydrogen) atoms. The van der Waals surface area contributed by atoms with Gasteiger partial charge in [-0.05, 0) is 37.4 Å². The summed E-state index contributed by atoms with van der Waals surface area (Å²) in [6.45, 7) is 6.65. The van der Waals surface area contributed by atoms with Gasteiger partial charge in [0, 0.05) is 33.4 Å². The van der Waals surface area contributed by atoms with Crippen LogP contribution in [0.1, 0.15) is 25.5 Å². The summed E-state index contributed by atoms with van der Waals surface area (Å²) in [5.74, 6) is 1.66. The molecule has 2 rings (SSSR count). The molecule has 1 fully saturated rings. The van der Waals surface area contributed by atoms with Crippen molar-refractivity contribution in [3.63, 3.8) is 0 Å². The summed E-state index contributed by atoms with van der Waals surface area (Å²) in [6.07, 6.45) is 2.30. The fourth-order valence-corrected chi connectivity index (χ4v) is 2.31. The maximum atomic E-state index is 5.39. The Morgan fingerprint density at radius 1 is 1.32 bits per heavy atom. The topological polar surface area (TPSA) is 50.3 Å². The van der Waals surface area contributed by atoms with Crippen LogP contribution in [-0.4, -0.2) is 43.5 Å². The molecule has 0 spiro atoms. The molecule has 1 saturated heterocycles. The molecule has 1 aromatic heterocycles. The Kier molecular flexibility index (Phi) is 5.54. The number of hydrogen-bond acceptors (Lipinski definition) is 5. The zero-order chi connectivity index (χ0) is 13.5. The lowest BCUT2D eigenvalue weighted by Gasteiger charge is -2.27. The van der Waals surface area contributed by atoms with Crippen LogP contribution in [0.2, 0.25) is 0 Å². The first-order valence-corrected chi connectivity index (χ1v) is 7.11. The highest BCUT2D eigenvalue weighted by molar-refractivity contribution is 5.36. The molecule has 1 aliphatic rings. The van der Waals surface area contributed by atoms with E-state index < -0.39 is 0 Å². The first kappa shape index (κ1) is 14.2. The number of ether oxygens (including phenoxy) is 1. The van der Waals surface area contributed by atoms with E-state index in [0.29, 0.717) is 5.92 Å². The molecule has 0 unspecified atom stereocenters. The second kappa shape index (κ2) is 7.40. The molecule has 2 heterocycles. The van der Waals surface area contributed by atoms with Crippen molar-refractivity contribution in [2.45, 2.75) is 26.3 Å². The number of anilines is 1. The summed E-state index contributed by atoms with van der Waals surface area (Å²) in [5, 5.41) is 11.8. The van der Waals surface area contributed by atoms with Crippen LogP contribution in [0, 0.1) is 5.92 Å². The van der Waals surface area contributed by atoms with Crippen LogP contribution in [0.15, 0.2) is 12.1 Å². The van der Waals surface area contributed by atoms with E-state index in [4.69, 9.17) is 4.74 Å². The molecule has 0 saturated carbocycles. The Hall–Kier alpha value is -1.20. The third-order valence-electron chi connectivity index (χ3n) is 3.53.